The highest BCUT2D eigenvalue weighted by Crippen LogP contribution is 2.15. The van der Waals surface area contributed by atoms with Crippen molar-refractivity contribution in [2.45, 2.75) is 32.6 Å². The molecule has 2 heterocycles. The van der Waals surface area contributed by atoms with Crippen LogP contribution in [-0.4, -0.2) is 21.0 Å². The Balaban J connectivity index is 1.51. The molecule has 0 unspecified atom stereocenters. The molecule has 25 heavy (non-hydrogen) atoms. The van der Waals surface area contributed by atoms with E-state index in [0.29, 0.717) is 18.1 Å². The second-order valence-electron chi connectivity index (χ2n) is 5.74. The highest BCUT2D eigenvalue weighted by molar-refractivity contribution is 5.90. The topological polar surface area (TPSA) is 80.9 Å². The average molecular weight is 336 g/mol. The smallest absolute Gasteiger partial charge is 0.227 e. The van der Waals surface area contributed by atoms with Crippen molar-refractivity contribution in [3.8, 4) is 11.4 Å². The number of carbonyl (C=O) groups excluding carboxylic acids is 1. The zero-order valence-corrected chi connectivity index (χ0v) is 14.1. The van der Waals surface area contributed by atoms with Crippen LogP contribution in [0.1, 0.15) is 31.2 Å². The van der Waals surface area contributed by atoms with Crippen molar-refractivity contribution < 1.29 is 9.32 Å². The minimum atomic E-state index is -0.0769. The Labute approximate surface area is 146 Å². The van der Waals surface area contributed by atoms with Gasteiger partial charge in [-0.05, 0) is 36.2 Å². The number of nitrogens with zero attached hydrogens (tertiary/aromatic N) is 3. The first-order chi connectivity index (χ1) is 12.2. The first-order valence-corrected chi connectivity index (χ1v) is 8.36. The monoisotopic (exact) mass is 336 g/mol. The fraction of sp³-hybridized carbons (Fsp3) is 0.263. The Kier molecular flexibility index (Phi) is 5.51. The number of hydrogen-bond acceptors (Lipinski definition) is 5. The van der Waals surface area contributed by atoms with Gasteiger partial charge in [0, 0.05) is 36.5 Å². The molecule has 1 aromatic carbocycles. The Hall–Kier alpha value is -3.02. The number of aryl methyl sites for hydroxylation is 2. The molecule has 0 spiro atoms. The van der Waals surface area contributed by atoms with Crippen molar-refractivity contribution in [2.75, 3.05) is 5.32 Å². The standard InChI is InChI=1S/C19H20N4O2/c1-2-3-14-4-6-16(7-5-14)21-17(24)8-9-18-22-19(23-25-18)15-10-12-20-13-11-15/h4-7,10-13H,2-3,8-9H2,1H3,(H,21,24). The van der Waals surface area contributed by atoms with Crippen LogP contribution in [0.25, 0.3) is 11.4 Å². The van der Waals surface area contributed by atoms with Crippen molar-refractivity contribution >= 4 is 11.6 Å². The Bertz CT molecular complexity index is 813. The maximum atomic E-state index is 12.1. The lowest BCUT2D eigenvalue weighted by Gasteiger charge is -2.05. The number of hydrogen-bond donors (Lipinski definition) is 1. The van der Waals surface area contributed by atoms with Gasteiger partial charge in [-0.1, -0.05) is 30.6 Å². The minimum absolute atomic E-state index is 0.0769. The summed E-state index contributed by atoms with van der Waals surface area (Å²) in [7, 11) is 0. The van der Waals surface area contributed by atoms with Crippen molar-refractivity contribution in [2.24, 2.45) is 0 Å². The van der Waals surface area contributed by atoms with Crippen LogP contribution in [-0.2, 0) is 17.6 Å². The molecule has 0 radical (unpaired) electrons. The molecule has 1 amide bonds. The summed E-state index contributed by atoms with van der Waals surface area (Å²) in [4.78, 5) is 20.3. The van der Waals surface area contributed by atoms with Crippen LogP contribution in [0.4, 0.5) is 5.69 Å². The molecule has 0 fully saturated rings. The number of rotatable bonds is 7. The van der Waals surface area contributed by atoms with Gasteiger partial charge >= 0.3 is 0 Å². The van der Waals surface area contributed by atoms with Crippen LogP contribution in [0.2, 0.25) is 0 Å². The maximum absolute atomic E-state index is 12.1. The number of carbonyl (C=O) groups is 1. The summed E-state index contributed by atoms with van der Waals surface area (Å²) in [6.07, 6.45) is 6.18. The quantitative estimate of drug-likeness (QED) is 0.712. The van der Waals surface area contributed by atoms with E-state index in [2.05, 4.69) is 27.4 Å². The van der Waals surface area contributed by atoms with Crippen LogP contribution < -0.4 is 5.32 Å². The zero-order chi connectivity index (χ0) is 17.5. The van der Waals surface area contributed by atoms with E-state index in [0.717, 1.165) is 24.1 Å². The molecule has 2 aromatic heterocycles. The fourth-order valence-electron chi connectivity index (χ4n) is 2.46. The van der Waals surface area contributed by atoms with Gasteiger partial charge in [-0.3, -0.25) is 9.78 Å². The molecular weight excluding hydrogens is 316 g/mol. The molecule has 1 N–H and O–H groups in total. The summed E-state index contributed by atoms with van der Waals surface area (Å²) >= 11 is 0. The van der Waals surface area contributed by atoms with E-state index in [1.807, 2.05) is 36.4 Å². The molecule has 0 bridgehead atoms. The minimum Gasteiger partial charge on any atom is -0.339 e. The highest BCUT2D eigenvalue weighted by atomic mass is 16.5. The number of nitrogens with one attached hydrogen (secondary N) is 1. The van der Waals surface area contributed by atoms with E-state index in [4.69, 9.17) is 4.52 Å². The van der Waals surface area contributed by atoms with Crippen molar-refractivity contribution in [3.05, 3.63) is 60.2 Å². The fourth-order valence-corrected chi connectivity index (χ4v) is 2.46. The van der Waals surface area contributed by atoms with E-state index in [9.17, 15) is 4.79 Å². The lowest BCUT2D eigenvalue weighted by atomic mass is 10.1. The van der Waals surface area contributed by atoms with Gasteiger partial charge in [0.05, 0.1) is 0 Å². The zero-order valence-electron chi connectivity index (χ0n) is 14.1. The molecule has 0 aliphatic heterocycles. The van der Waals surface area contributed by atoms with E-state index in [1.54, 1.807) is 12.4 Å². The SMILES string of the molecule is CCCc1ccc(NC(=O)CCc2nc(-c3ccncc3)no2)cc1. The molecule has 0 atom stereocenters. The number of benzene rings is 1. The van der Waals surface area contributed by atoms with Gasteiger partial charge in [0.25, 0.3) is 0 Å². The normalized spacial score (nSPS) is 10.6. The second-order valence-corrected chi connectivity index (χ2v) is 5.74. The van der Waals surface area contributed by atoms with Crippen LogP contribution >= 0.6 is 0 Å². The predicted molar refractivity (Wildman–Crippen MR) is 94.9 cm³/mol. The van der Waals surface area contributed by atoms with Gasteiger partial charge in [-0.15, -0.1) is 0 Å². The third-order valence-corrected chi connectivity index (χ3v) is 3.75. The molecule has 0 aliphatic carbocycles. The first kappa shape index (κ1) is 16.8. The van der Waals surface area contributed by atoms with Crippen molar-refractivity contribution in [3.63, 3.8) is 0 Å². The summed E-state index contributed by atoms with van der Waals surface area (Å²) in [6.45, 7) is 2.15. The first-order valence-electron chi connectivity index (χ1n) is 8.36. The van der Waals surface area contributed by atoms with Gasteiger partial charge in [-0.25, -0.2) is 0 Å². The lowest BCUT2D eigenvalue weighted by molar-refractivity contribution is -0.116. The second kappa shape index (κ2) is 8.19. The van der Waals surface area contributed by atoms with Gasteiger partial charge in [0.2, 0.25) is 17.6 Å². The largest absolute Gasteiger partial charge is 0.339 e. The molecule has 6 nitrogen and oxygen atoms in total. The number of aromatic nitrogens is 3. The summed E-state index contributed by atoms with van der Waals surface area (Å²) in [5.41, 5.74) is 2.91. The highest BCUT2D eigenvalue weighted by Gasteiger charge is 2.10. The van der Waals surface area contributed by atoms with Crippen molar-refractivity contribution in [1.82, 2.24) is 15.1 Å². The summed E-state index contributed by atoms with van der Waals surface area (Å²) in [6, 6.07) is 11.6. The third-order valence-electron chi connectivity index (χ3n) is 3.75. The van der Waals surface area contributed by atoms with Gasteiger partial charge in [0.1, 0.15) is 0 Å². The van der Waals surface area contributed by atoms with Gasteiger partial charge in [0.15, 0.2) is 0 Å². The molecule has 3 rings (SSSR count). The summed E-state index contributed by atoms with van der Waals surface area (Å²) in [5.74, 6) is 0.872. The molecule has 128 valence electrons. The van der Waals surface area contributed by atoms with E-state index < -0.39 is 0 Å². The number of anilines is 1. The van der Waals surface area contributed by atoms with Gasteiger partial charge < -0.3 is 9.84 Å². The van der Waals surface area contributed by atoms with E-state index in [1.165, 1.54) is 5.56 Å². The van der Waals surface area contributed by atoms with Crippen LogP contribution in [0.5, 0.6) is 0 Å². The molecule has 3 aromatic rings. The average Bonchev–Trinajstić information content (AvgIpc) is 3.12. The molecule has 0 saturated carbocycles. The summed E-state index contributed by atoms with van der Waals surface area (Å²) in [5, 5.41) is 6.81. The Morgan fingerprint density at radius 1 is 1.08 bits per heavy atom. The predicted octanol–water partition coefficient (Wildman–Crippen LogP) is 3.66. The Morgan fingerprint density at radius 2 is 1.84 bits per heavy atom. The lowest BCUT2D eigenvalue weighted by Crippen LogP contribution is -2.12. The van der Waals surface area contributed by atoms with E-state index >= 15 is 0 Å². The molecule has 6 heteroatoms. The van der Waals surface area contributed by atoms with E-state index in [-0.39, 0.29) is 12.3 Å². The number of amides is 1. The Morgan fingerprint density at radius 3 is 2.56 bits per heavy atom. The molecule has 0 aliphatic rings. The maximum Gasteiger partial charge on any atom is 0.227 e. The molecule has 0 saturated heterocycles. The summed E-state index contributed by atoms with van der Waals surface area (Å²) < 4.78 is 5.20. The molecular formula is C19H20N4O2. The van der Waals surface area contributed by atoms with Crippen molar-refractivity contribution in [1.29, 1.82) is 0 Å². The van der Waals surface area contributed by atoms with Crippen LogP contribution in [0, 0.1) is 0 Å². The number of pyridine rings is 1. The third kappa shape index (κ3) is 4.73. The van der Waals surface area contributed by atoms with Gasteiger partial charge in [-0.2, -0.15) is 4.98 Å². The van der Waals surface area contributed by atoms with Crippen LogP contribution in [0.15, 0.2) is 53.3 Å². The van der Waals surface area contributed by atoms with Crippen LogP contribution in [0.3, 0.4) is 0 Å².